The lowest BCUT2D eigenvalue weighted by Gasteiger charge is -2.38. The summed E-state index contributed by atoms with van der Waals surface area (Å²) in [4.78, 5) is 48.2. The van der Waals surface area contributed by atoms with Crippen LogP contribution in [0.3, 0.4) is 0 Å². The number of ether oxygens (including phenoxy) is 1. The first-order chi connectivity index (χ1) is 21.2. The van der Waals surface area contributed by atoms with E-state index in [1.165, 1.54) is 12.8 Å². The van der Waals surface area contributed by atoms with Gasteiger partial charge in [-0.05, 0) is 80.2 Å². The fraction of sp³-hybridized carbons (Fsp3) is 0.559. The number of aryl methyl sites for hydroxylation is 2. The summed E-state index contributed by atoms with van der Waals surface area (Å²) in [6.45, 7) is 9.24. The number of urea groups is 1. The van der Waals surface area contributed by atoms with Crippen LogP contribution in [0.2, 0.25) is 0 Å². The Balaban J connectivity index is 1.08. The topological polar surface area (TPSA) is 106 Å². The third-order valence-corrected chi connectivity index (χ3v) is 9.69. The molecule has 1 unspecified atom stereocenters. The summed E-state index contributed by atoms with van der Waals surface area (Å²) < 4.78 is 6.01. The molecular formula is C34H45N5O5. The second-order valence-electron chi connectivity index (χ2n) is 13.0. The van der Waals surface area contributed by atoms with Crippen LogP contribution in [0, 0.1) is 19.8 Å². The van der Waals surface area contributed by atoms with E-state index in [0.717, 1.165) is 59.9 Å². The third kappa shape index (κ3) is 6.96. The quantitative estimate of drug-likeness (QED) is 0.493. The summed E-state index contributed by atoms with van der Waals surface area (Å²) in [5.41, 5.74) is 4.30. The lowest BCUT2D eigenvalue weighted by Crippen LogP contribution is -2.54. The van der Waals surface area contributed by atoms with Gasteiger partial charge in [-0.15, -0.1) is 0 Å². The van der Waals surface area contributed by atoms with E-state index in [1.54, 1.807) is 4.90 Å². The van der Waals surface area contributed by atoms with Gasteiger partial charge in [0, 0.05) is 70.5 Å². The molecule has 3 aliphatic heterocycles. The molecule has 3 fully saturated rings. The number of fused-ring (bicyclic) bond motifs is 1. The van der Waals surface area contributed by atoms with Crippen molar-refractivity contribution in [2.75, 3.05) is 57.7 Å². The number of benzene rings is 2. The van der Waals surface area contributed by atoms with Gasteiger partial charge in [0.2, 0.25) is 0 Å². The number of hydrogen-bond donors (Lipinski definition) is 2. The average molecular weight is 604 g/mol. The Kier molecular flexibility index (Phi) is 8.98. The van der Waals surface area contributed by atoms with E-state index in [1.807, 2.05) is 60.0 Å². The first-order valence-electron chi connectivity index (χ1n) is 16.2. The number of likely N-dealkylation sites (tertiary alicyclic amines) is 1. The summed E-state index contributed by atoms with van der Waals surface area (Å²) in [5, 5.41) is 13.3. The SMILES string of the molecule is Cc1cc(CC(OC(=O)N2CCC(N3CCc4ccccc4NC3=O)CC2)C(=O)N2CCN(CC3CC3)CC2)cc(C)c1O. The monoisotopic (exact) mass is 603 g/mol. The molecule has 4 aliphatic rings. The summed E-state index contributed by atoms with van der Waals surface area (Å²) in [6, 6.07) is 11.5. The number of rotatable bonds is 7. The van der Waals surface area contributed by atoms with E-state index < -0.39 is 12.2 Å². The molecule has 2 aromatic carbocycles. The lowest BCUT2D eigenvalue weighted by molar-refractivity contribution is -0.142. The Labute approximate surface area is 259 Å². The zero-order valence-electron chi connectivity index (χ0n) is 26.0. The Morgan fingerprint density at radius 2 is 1.61 bits per heavy atom. The number of nitrogens with zero attached hydrogens (tertiary/aromatic N) is 4. The summed E-state index contributed by atoms with van der Waals surface area (Å²) in [7, 11) is 0. The summed E-state index contributed by atoms with van der Waals surface area (Å²) in [6.07, 6.45) is 3.50. The molecule has 1 aliphatic carbocycles. The van der Waals surface area contributed by atoms with Crippen molar-refractivity contribution >= 4 is 23.7 Å². The van der Waals surface area contributed by atoms with Crippen molar-refractivity contribution in [2.24, 2.45) is 5.92 Å². The fourth-order valence-electron chi connectivity index (χ4n) is 6.87. The minimum atomic E-state index is -0.951. The minimum Gasteiger partial charge on any atom is -0.507 e. The number of aromatic hydroxyl groups is 1. The van der Waals surface area contributed by atoms with Crippen molar-refractivity contribution in [3.63, 3.8) is 0 Å². The van der Waals surface area contributed by atoms with Gasteiger partial charge in [-0.3, -0.25) is 9.69 Å². The van der Waals surface area contributed by atoms with Crippen molar-refractivity contribution < 1.29 is 24.2 Å². The summed E-state index contributed by atoms with van der Waals surface area (Å²) >= 11 is 0. The van der Waals surface area contributed by atoms with Crippen molar-refractivity contribution in [3.05, 3.63) is 58.7 Å². The lowest BCUT2D eigenvalue weighted by atomic mass is 10.0. The highest BCUT2D eigenvalue weighted by Crippen LogP contribution is 2.30. The number of carbonyl (C=O) groups excluding carboxylic acids is 3. The molecule has 2 aromatic rings. The van der Waals surface area contributed by atoms with E-state index in [2.05, 4.69) is 10.2 Å². The number of carbonyl (C=O) groups is 3. The zero-order valence-corrected chi connectivity index (χ0v) is 26.0. The molecule has 2 saturated heterocycles. The number of anilines is 1. The molecule has 44 heavy (non-hydrogen) atoms. The van der Waals surface area contributed by atoms with Gasteiger partial charge in [-0.1, -0.05) is 30.3 Å². The van der Waals surface area contributed by atoms with E-state index in [9.17, 15) is 19.5 Å². The maximum Gasteiger partial charge on any atom is 0.410 e. The molecule has 0 spiro atoms. The Morgan fingerprint density at radius 3 is 2.30 bits per heavy atom. The van der Waals surface area contributed by atoms with Crippen LogP contribution in [-0.4, -0.2) is 107 Å². The Bertz CT molecular complexity index is 1350. The molecule has 10 nitrogen and oxygen atoms in total. The number of piperidine rings is 1. The van der Waals surface area contributed by atoms with Gasteiger partial charge in [-0.25, -0.2) is 9.59 Å². The highest BCUT2D eigenvalue weighted by atomic mass is 16.6. The number of phenols is 1. The van der Waals surface area contributed by atoms with Crippen LogP contribution < -0.4 is 5.32 Å². The van der Waals surface area contributed by atoms with Gasteiger partial charge in [0.25, 0.3) is 5.91 Å². The second kappa shape index (κ2) is 13.1. The normalized spacial score (nSPS) is 20.5. The maximum absolute atomic E-state index is 13.8. The molecule has 4 amide bonds. The van der Waals surface area contributed by atoms with E-state index in [-0.39, 0.29) is 30.2 Å². The van der Waals surface area contributed by atoms with Crippen molar-refractivity contribution in [2.45, 2.75) is 64.5 Å². The molecule has 3 heterocycles. The zero-order chi connectivity index (χ0) is 30.8. The summed E-state index contributed by atoms with van der Waals surface area (Å²) in [5.74, 6) is 0.884. The van der Waals surface area contributed by atoms with Gasteiger partial charge >= 0.3 is 12.1 Å². The molecule has 2 N–H and O–H groups in total. The number of para-hydroxylation sites is 1. The van der Waals surface area contributed by atoms with Gasteiger partial charge in [0.05, 0.1) is 0 Å². The van der Waals surface area contributed by atoms with Crippen LogP contribution in [-0.2, 0) is 22.4 Å². The van der Waals surface area contributed by atoms with Crippen molar-refractivity contribution in [1.29, 1.82) is 0 Å². The van der Waals surface area contributed by atoms with Crippen LogP contribution in [0.5, 0.6) is 5.75 Å². The van der Waals surface area contributed by atoms with Crippen molar-refractivity contribution in [1.82, 2.24) is 19.6 Å². The molecule has 236 valence electrons. The molecule has 0 bridgehead atoms. The van der Waals surface area contributed by atoms with Gasteiger partial charge < -0.3 is 29.9 Å². The number of piperazine rings is 1. The van der Waals surface area contributed by atoms with Crippen LogP contribution in [0.1, 0.15) is 47.9 Å². The standard InChI is InChI=1S/C34H45N5O5/c1-23-19-26(20-24(2)31(23)40)21-30(32(41)37-17-15-36(16-18-37)22-25-7-8-25)44-34(43)38-12-10-28(11-13-38)39-14-9-27-5-3-4-6-29(27)35-33(39)42/h3-6,19-20,25,28,30,40H,7-18,21-22H2,1-2H3,(H,35,42). The molecule has 1 saturated carbocycles. The van der Waals surface area contributed by atoms with E-state index in [0.29, 0.717) is 45.6 Å². The molecule has 0 aromatic heterocycles. The fourth-order valence-corrected chi connectivity index (χ4v) is 6.87. The number of hydrogen-bond acceptors (Lipinski definition) is 6. The predicted octanol–water partition coefficient (Wildman–Crippen LogP) is 4.17. The van der Waals surface area contributed by atoms with Gasteiger partial charge in [-0.2, -0.15) is 0 Å². The van der Waals surface area contributed by atoms with Crippen LogP contribution in [0.25, 0.3) is 0 Å². The average Bonchev–Trinajstić information content (AvgIpc) is 3.86. The van der Waals surface area contributed by atoms with Gasteiger partial charge in [0.1, 0.15) is 5.75 Å². The van der Waals surface area contributed by atoms with E-state index >= 15 is 0 Å². The molecule has 0 radical (unpaired) electrons. The predicted molar refractivity (Wildman–Crippen MR) is 168 cm³/mol. The Hall–Kier alpha value is -3.79. The highest BCUT2D eigenvalue weighted by molar-refractivity contribution is 5.91. The Morgan fingerprint density at radius 1 is 0.932 bits per heavy atom. The van der Waals surface area contributed by atoms with Gasteiger partial charge in [0.15, 0.2) is 6.10 Å². The van der Waals surface area contributed by atoms with E-state index in [4.69, 9.17) is 4.74 Å². The van der Waals surface area contributed by atoms with Crippen LogP contribution in [0.4, 0.5) is 15.3 Å². The second-order valence-corrected chi connectivity index (χ2v) is 13.0. The first kappa shape index (κ1) is 30.2. The highest BCUT2D eigenvalue weighted by Gasteiger charge is 2.36. The molecular weight excluding hydrogens is 558 g/mol. The third-order valence-electron chi connectivity index (χ3n) is 9.69. The molecule has 10 heteroatoms. The number of phenolic OH excluding ortho intramolecular Hbond substituents is 1. The number of nitrogens with one attached hydrogen (secondary N) is 1. The minimum absolute atomic E-state index is 0.0284. The molecule has 6 rings (SSSR count). The number of amides is 4. The van der Waals surface area contributed by atoms with Crippen LogP contribution in [0.15, 0.2) is 36.4 Å². The molecule has 1 atom stereocenters. The van der Waals surface area contributed by atoms with Crippen molar-refractivity contribution in [3.8, 4) is 5.75 Å². The first-order valence-corrected chi connectivity index (χ1v) is 16.2. The van der Waals surface area contributed by atoms with Crippen LogP contribution >= 0.6 is 0 Å². The smallest absolute Gasteiger partial charge is 0.410 e. The largest absolute Gasteiger partial charge is 0.507 e. The maximum atomic E-state index is 13.8.